The van der Waals surface area contributed by atoms with Gasteiger partial charge in [0.15, 0.2) is 0 Å². The van der Waals surface area contributed by atoms with Crippen LogP contribution in [0.5, 0.6) is 0 Å². The number of piperidine rings is 1. The van der Waals surface area contributed by atoms with Gasteiger partial charge in [0.25, 0.3) is 0 Å². The van der Waals surface area contributed by atoms with Gasteiger partial charge in [-0.1, -0.05) is 26.8 Å². The molecule has 0 aromatic heterocycles. The van der Waals surface area contributed by atoms with E-state index in [0.717, 1.165) is 18.4 Å². The van der Waals surface area contributed by atoms with Crippen LogP contribution in [0.25, 0.3) is 0 Å². The summed E-state index contributed by atoms with van der Waals surface area (Å²) in [6.45, 7) is 7.31. The molecule has 118 valence electrons. The van der Waals surface area contributed by atoms with E-state index in [1.54, 1.807) is 16.4 Å². The van der Waals surface area contributed by atoms with Crippen molar-refractivity contribution in [3.8, 4) is 0 Å². The number of hydrogen-bond acceptors (Lipinski definition) is 3. The molecule has 1 fully saturated rings. The molecule has 2 unspecified atom stereocenters. The second-order valence-corrected chi connectivity index (χ2v) is 7.99. The highest BCUT2D eigenvalue weighted by atomic mass is 32.2. The maximum absolute atomic E-state index is 12.8. The summed E-state index contributed by atoms with van der Waals surface area (Å²) in [5.41, 5.74) is 1.70. The fourth-order valence-corrected chi connectivity index (χ4v) is 4.45. The summed E-state index contributed by atoms with van der Waals surface area (Å²) in [6.07, 6.45) is 1.69. The Hall–Kier alpha value is -0.910. The minimum Gasteiger partial charge on any atom is -0.392 e. The Balaban J connectivity index is 2.31. The van der Waals surface area contributed by atoms with E-state index in [9.17, 15) is 13.5 Å². The van der Waals surface area contributed by atoms with Gasteiger partial charge in [-0.15, -0.1) is 0 Å². The monoisotopic (exact) mass is 311 g/mol. The van der Waals surface area contributed by atoms with Gasteiger partial charge in [0.1, 0.15) is 0 Å². The first-order chi connectivity index (χ1) is 9.90. The predicted octanol–water partition coefficient (Wildman–Crippen LogP) is 2.41. The molecule has 0 aliphatic carbocycles. The molecule has 1 aliphatic heterocycles. The zero-order valence-corrected chi connectivity index (χ0v) is 13.9. The fourth-order valence-electron chi connectivity index (χ4n) is 2.85. The first-order valence-electron chi connectivity index (χ1n) is 7.63. The first-order valence-corrected chi connectivity index (χ1v) is 9.07. The molecular formula is C16H25NO3S. The molecule has 0 radical (unpaired) electrons. The molecule has 1 N–H and O–H groups in total. The Morgan fingerprint density at radius 2 is 1.95 bits per heavy atom. The van der Waals surface area contributed by atoms with E-state index >= 15 is 0 Å². The Morgan fingerprint density at radius 3 is 2.52 bits per heavy atom. The van der Waals surface area contributed by atoms with Crippen LogP contribution in [0.2, 0.25) is 0 Å². The average molecular weight is 311 g/mol. The van der Waals surface area contributed by atoms with E-state index in [2.05, 4.69) is 13.8 Å². The molecular weight excluding hydrogens is 286 g/mol. The summed E-state index contributed by atoms with van der Waals surface area (Å²) in [5.74, 6) is 0.938. The van der Waals surface area contributed by atoms with E-state index in [4.69, 9.17) is 0 Å². The SMILES string of the molecule is CCc1ccc(S(=O)(=O)N2CCC(C)C(C)C2)cc1CO. The Kier molecular flexibility index (Phi) is 5.07. The number of aliphatic hydroxyl groups is 1. The van der Waals surface area contributed by atoms with Gasteiger partial charge < -0.3 is 5.11 Å². The molecule has 2 rings (SSSR count). The molecule has 0 bridgehead atoms. The Morgan fingerprint density at radius 1 is 1.24 bits per heavy atom. The van der Waals surface area contributed by atoms with Crippen molar-refractivity contribution in [3.63, 3.8) is 0 Å². The standard InChI is InChI=1S/C16H25NO3S/c1-4-14-5-6-16(9-15(14)11-18)21(19,20)17-8-7-12(2)13(3)10-17/h5-6,9,12-13,18H,4,7-8,10-11H2,1-3H3. The van der Waals surface area contributed by atoms with Crippen LogP contribution in [0.1, 0.15) is 38.3 Å². The van der Waals surface area contributed by atoms with Crippen LogP contribution in [0.15, 0.2) is 23.1 Å². The molecule has 2 atom stereocenters. The van der Waals surface area contributed by atoms with Crippen molar-refractivity contribution in [1.29, 1.82) is 0 Å². The predicted molar refractivity (Wildman–Crippen MR) is 83.4 cm³/mol. The highest BCUT2D eigenvalue weighted by Gasteiger charge is 2.31. The fraction of sp³-hybridized carbons (Fsp3) is 0.625. The number of sulfonamides is 1. The van der Waals surface area contributed by atoms with E-state index in [1.807, 2.05) is 13.0 Å². The molecule has 5 heteroatoms. The van der Waals surface area contributed by atoms with Gasteiger partial charge in [-0.2, -0.15) is 4.31 Å². The summed E-state index contributed by atoms with van der Waals surface area (Å²) in [4.78, 5) is 0.297. The van der Waals surface area contributed by atoms with Crippen LogP contribution in [-0.2, 0) is 23.1 Å². The lowest BCUT2D eigenvalue weighted by atomic mass is 9.90. The number of rotatable bonds is 4. The molecule has 0 amide bonds. The zero-order valence-electron chi connectivity index (χ0n) is 13.0. The molecule has 0 spiro atoms. The summed E-state index contributed by atoms with van der Waals surface area (Å²) in [5, 5.41) is 9.42. The van der Waals surface area contributed by atoms with Crippen LogP contribution in [0, 0.1) is 11.8 Å². The first kappa shape index (κ1) is 16.5. The normalized spacial score (nSPS) is 24.2. The third kappa shape index (κ3) is 3.30. The quantitative estimate of drug-likeness (QED) is 0.929. The van der Waals surface area contributed by atoms with Gasteiger partial charge in [0.2, 0.25) is 10.0 Å². The van der Waals surface area contributed by atoms with Crippen molar-refractivity contribution < 1.29 is 13.5 Å². The van der Waals surface area contributed by atoms with Gasteiger partial charge in [-0.3, -0.25) is 0 Å². The molecule has 1 heterocycles. The molecule has 21 heavy (non-hydrogen) atoms. The third-order valence-corrected chi connectivity index (χ3v) is 6.52. The lowest BCUT2D eigenvalue weighted by molar-refractivity contribution is 0.212. The third-order valence-electron chi connectivity index (χ3n) is 4.66. The molecule has 1 aliphatic rings. The maximum Gasteiger partial charge on any atom is 0.243 e. The minimum absolute atomic E-state index is 0.125. The summed E-state index contributed by atoms with van der Waals surface area (Å²) in [7, 11) is -3.45. The van der Waals surface area contributed by atoms with Crippen LogP contribution in [0.3, 0.4) is 0 Å². The number of aryl methyl sites for hydroxylation is 1. The number of aliphatic hydroxyl groups excluding tert-OH is 1. The smallest absolute Gasteiger partial charge is 0.243 e. The average Bonchev–Trinajstić information content (AvgIpc) is 2.49. The van der Waals surface area contributed by atoms with E-state index in [1.165, 1.54) is 0 Å². The van der Waals surface area contributed by atoms with Crippen LogP contribution >= 0.6 is 0 Å². The van der Waals surface area contributed by atoms with Crippen LogP contribution < -0.4 is 0 Å². The Labute approximate surface area is 127 Å². The Bertz CT molecular complexity index is 598. The van der Waals surface area contributed by atoms with E-state index in [0.29, 0.717) is 35.4 Å². The van der Waals surface area contributed by atoms with Gasteiger partial charge in [-0.05, 0) is 47.9 Å². The molecule has 1 aromatic carbocycles. The summed E-state index contributed by atoms with van der Waals surface area (Å²) >= 11 is 0. The lowest BCUT2D eigenvalue weighted by Crippen LogP contribution is -2.42. The lowest BCUT2D eigenvalue weighted by Gasteiger charge is -2.34. The summed E-state index contributed by atoms with van der Waals surface area (Å²) in [6, 6.07) is 5.10. The largest absolute Gasteiger partial charge is 0.392 e. The van der Waals surface area contributed by atoms with Gasteiger partial charge in [0, 0.05) is 13.1 Å². The van der Waals surface area contributed by atoms with Crippen molar-refractivity contribution >= 4 is 10.0 Å². The van der Waals surface area contributed by atoms with Crippen LogP contribution in [0.4, 0.5) is 0 Å². The van der Waals surface area contributed by atoms with Crippen molar-refractivity contribution in [2.24, 2.45) is 11.8 Å². The number of nitrogens with zero attached hydrogens (tertiary/aromatic N) is 1. The maximum atomic E-state index is 12.8. The van der Waals surface area contributed by atoms with Gasteiger partial charge in [-0.25, -0.2) is 8.42 Å². The number of benzene rings is 1. The topological polar surface area (TPSA) is 57.6 Å². The molecule has 1 aromatic rings. The van der Waals surface area contributed by atoms with Crippen LogP contribution in [-0.4, -0.2) is 30.9 Å². The summed E-state index contributed by atoms with van der Waals surface area (Å²) < 4.78 is 27.1. The highest BCUT2D eigenvalue weighted by Crippen LogP contribution is 2.28. The minimum atomic E-state index is -3.45. The van der Waals surface area contributed by atoms with E-state index in [-0.39, 0.29) is 6.61 Å². The highest BCUT2D eigenvalue weighted by molar-refractivity contribution is 7.89. The zero-order chi connectivity index (χ0) is 15.6. The molecule has 4 nitrogen and oxygen atoms in total. The van der Waals surface area contributed by atoms with Crippen molar-refractivity contribution in [3.05, 3.63) is 29.3 Å². The van der Waals surface area contributed by atoms with E-state index < -0.39 is 10.0 Å². The number of hydrogen-bond donors (Lipinski definition) is 1. The van der Waals surface area contributed by atoms with Crippen molar-refractivity contribution in [2.75, 3.05) is 13.1 Å². The second kappa shape index (κ2) is 6.46. The van der Waals surface area contributed by atoms with Crippen molar-refractivity contribution in [2.45, 2.75) is 45.1 Å². The van der Waals surface area contributed by atoms with Gasteiger partial charge >= 0.3 is 0 Å². The second-order valence-electron chi connectivity index (χ2n) is 6.05. The molecule has 0 saturated carbocycles. The molecule has 1 saturated heterocycles. The van der Waals surface area contributed by atoms with Crippen molar-refractivity contribution in [1.82, 2.24) is 4.31 Å². The van der Waals surface area contributed by atoms with Gasteiger partial charge in [0.05, 0.1) is 11.5 Å².